The second-order valence-electron chi connectivity index (χ2n) is 4.09. The molecule has 1 saturated heterocycles. The number of hydrogen-bond donors (Lipinski definition) is 3. The van der Waals surface area contributed by atoms with Crippen LogP contribution in [0.25, 0.3) is 0 Å². The van der Waals surface area contributed by atoms with Crippen molar-refractivity contribution in [2.75, 3.05) is 26.2 Å². The Morgan fingerprint density at radius 3 is 2.75 bits per heavy atom. The average molecular weight is 229 g/mol. The van der Waals surface area contributed by atoms with Crippen LogP contribution in [0.1, 0.15) is 13.8 Å². The van der Waals surface area contributed by atoms with E-state index in [2.05, 4.69) is 10.6 Å². The van der Waals surface area contributed by atoms with Crippen LogP contribution in [0.3, 0.4) is 0 Å². The molecule has 0 aromatic carbocycles. The molecule has 0 aromatic rings. The van der Waals surface area contributed by atoms with Gasteiger partial charge in [-0.1, -0.05) is 0 Å². The van der Waals surface area contributed by atoms with Crippen LogP contribution in [0.4, 0.5) is 0 Å². The molecule has 0 aliphatic carbocycles. The topological polar surface area (TPSA) is 81.7 Å². The third kappa shape index (κ3) is 3.18. The summed E-state index contributed by atoms with van der Waals surface area (Å²) < 4.78 is 0. The number of piperazine rings is 1. The first-order valence-electron chi connectivity index (χ1n) is 5.47. The second kappa shape index (κ2) is 5.81. The Morgan fingerprint density at radius 1 is 1.62 bits per heavy atom. The van der Waals surface area contributed by atoms with E-state index in [9.17, 15) is 9.59 Å². The maximum atomic E-state index is 12.0. The lowest BCUT2D eigenvalue weighted by atomic mass is 10.1. The summed E-state index contributed by atoms with van der Waals surface area (Å²) in [5, 5.41) is 14.4. The summed E-state index contributed by atoms with van der Waals surface area (Å²) in [5.74, 6) is -0.175. The summed E-state index contributed by atoms with van der Waals surface area (Å²) >= 11 is 0. The van der Waals surface area contributed by atoms with Gasteiger partial charge >= 0.3 is 0 Å². The zero-order valence-corrected chi connectivity index (χ0v) is 9.69. The van der Waals surface area contributed by atoms with Gasteiger partial charge in [-0.05, 0) is 13.8 Å². The Balaban J connectivity index is 2.56. The number of rotatable bonds is 4. The molecule has 1 aliphatic rings. The summed E-state index contributed by atoms with van der Waals surface area (Å²) in [6.07, 6.45) is 0. The van der Waals surface area contributed by atoms with Crippen LogP contribution < -0.4 is 10.6 Å². The van der Waals surface area contributed by atoms with Crippen molar-refractivity contribution in [2.45, 2.75) is 25.9 Å². The molecule has 1 rings (SSSR count). The lowest BCUT2D eigenvalue weighted by Gasteiger charge is -2.32. The average Bonchev–Trinajstić information content (AvgIpc) is 2.25. The van der Waals surface area contributed by atoms with E-state index in [1.54, 1.807) is 4.90 Å². The molecule has 3 N–H and O–H groups in total. The first-order chi connectivity index (χ1) is 7.56. The number of nitrogens with zero attached hydrogens (tertiary/aromatic N) is 1. The predicted molar refractivity (Wildman–Crippen MR) is 58.7 cm³/mol. The molecule has 1 fully saturated rings. The summed E-state index contributed by atoms with van der Waals surface area (Å²) in [6, 6.07) is -0.342. The maximum absolute atomic E-state index is 12.0. The molecule has 0 spiro atoms. The molecular weight excluding hydrogens is 210 g/mol. The zero-order chi connectivity index (χ0) is 12.1. The van der Waals surface area contributed by atoms with Crippen molar-refractivity contribution in [3.05, 3.63) is 0 Å². The quantitative estimate of drug-likeness (QED) is 0.537. The van der Waals surface area contributed by atoms with E-state index < -0.39 is 0 Å². The van der Waals surface area contributed by atoms with Crippen molar-refractivity contribution in [3.8, 4) is 0 Å². The van der Waals surface area contributed by atoms with Crippen LogP contribution in [0.5, 0.6) is 0 Å². The van der Waals surface area contributed by atoms with Crippen molar-refractivity contribution in [2.24, 2.45) is 0 Å². The van der Waals surface area contributed by atoms with Gasteiger partial charge in [-0.25, -0.2) is 0 Å². The fourth-order valence-electron chi connectivity index (χ4n) is 1.67. The molecule has 16 heavy (non-hydrogen) atoms. The van der Waals surface area contributed by atoms with Gasteiger partial charge in [0.2, 0.25) is 11.8 Å². The molecule has 1 unspecified atom stereocenters. The van der Waals surface area contributed by atoms with E-state index >= 15 is 0 Å². The van der Waals surface area contributed by atoms with Gasteiger partial charge < -0.3 is 15.3 Å². The standard InChI is InChI=1S/C10H19N3O3/c1-7(2)13(3-4-14)10(16)8-5-12-9(15)6-11-8/h7-8,11,14H,3-6H2,1-2H3,(H,12,15). The fourth-order valence-corrected chi connectivity index (χ4v) is 1.67. The van der Waals surface area contributed by atoms with Gasteiger partial charge in [0, 0.05) is 19.1 Å². The monoisotopic (exact) mass is 229 g/mol. The zero-order valence-electron chi connectivity index (χ0n) is 9.69. The molecular formula is C10H19N3O3. The highest BCUT2D eigenvalue weighted by atomic mass is 16.3. The van der Waals surface area contributed by atoms with Crippen molar-refractivity contribution >= 4 is 11.8 Å². The molecule has 1 atom stereocenters. The molecule has 6 heteroatoms. The van der Waals surface area contributed by atoms with Crippen molar-refractivity contribution < 1.29 is 14.7 Å². The van der Waals surface area contributed by atoms with Gasteiger partial charge in [-0.3, -0.25) is 14.9 Å². The Hall–Kier alpha value is -1.14. The van der Waals surface area contributed by atoms with Crippen molar-refractivity contribution in [3.63, 3.8) is 0 Å². The fraction of sp³-hybridized carbons (Fsp3) is 0.800. The number of aliphatic hydroxyl groups excluding tert-OH is 1. The molecule has 0 aromatic heterocycles. The van der Waals surface area contributed by atoms with Gasteiger partial charge in [0.15, 0.2) is 0 Å². The Labute approximate surface area is 95.0 Å². The number of nitrogens with one attached hydrogen (secondary N) is 2. The molecule has 0 bridgehead atoms. The minimum atomic E-state index is -0.383. The molecule has 1 heterocycles. The van der Waals surface area contributed by atoms with Crippen LogP contribution >= 0.6 is 0 Å². The summed E-state index contributed by atoms with van der Waals surface area (Å²) in [4.78, 5) is 24.6. The van der Waals surface area contributed by atoms with Gasteiger partial charge in [0.25, 0.3) is 0 Å². The highest BCUT2D eigenvalue weighted by molar-refractivity contribution is 5.86. The van der Waals surface area contributed by atoms with Gasteiger partial charge in [0.05, 0.1) is 13.2 Å². The number of hydrogen-bond acceptors (Lipinski definition) is 4. The van der Waals surface area contributed by atoms with E-state index in [4.69, 9.17) is 5.11 Å². The third-order valence-corrected chi connectivity index (χ3v) is 2.56. The maximum Gasteiger partial charge on any atom is 0.241 e. The first kappa shape index (κ1) is 12.9. The number of carbonyl (C=O) groups excluding carboxylic acids is 2. The molecule has 92 valence electrons. The van der Waals surface area contributed by atoms with Crippen LogP contribution in [0.2, 0.25) is 0 Å². The summed E-state index contributed by atoms with van der Waals surface area (Å²) in [6.45, 7) is 4.54. The smallest absolute Gasteiger partial charge is 0.241 e. The first-order valence-corrected chi connectivity index (χ1v) is 5.47. The van der Waals surface area contributed by atoms with Crippen molar-refractivity contribution in [1.29, 1.82) is 0 Å². The predicted octanol–water partition coefficient (Wildman–Crippen LogP) is -1.70. The van der Waals surface area contributed by atoms with Crippen LogP contribution in [0.15, 0.2) is 0 Å². The largest absolute Gasteiger partial charge is 0.395 e. The van der Waals surface area contributed by atoms with Gasteiger partial charge in [-0.2, -0.15) is 0 Å². The molecule has 0 radical (unpaired) electrons. The molecule has 6 nitrogen and oxygen atoms in total. The Morgan fingerprint density at radius 2 is 2.31 bits per heavy atom. The minimum Gasteiger partial charge on any atom is -0.395 e. The summed E-state index contributed by atoms with van der Waals surface area (Å²) in [7, 11) is 0. The Kier molecular flexibility index (Phi) is 4.70. The lowest BCUT2D eigenvalue weighted by molar-refractivity contribution is -0.137. The molecule has 0 saturated carbocycles. The SMILES string of the molecule is CC(C)N(CCO)C(=O)C1CNC(=O)CN1. The van der Waals surface area contributed by atoms with E-state index in [1.807, 2.05) is 13.8 Å². The minimum absolute atomic E-state index is 0.0408. The molecule has 1 aliphatic heterocycles. The highest BCUT2D eigenvalue weighted by Gasteiger charge is 2.28. The van der Waals surface area contributed by atoms with Crippen LogP contribution in [-0.2, 0) is 9.59 Å². The third-order valence-electron chi connectivity index (χ3n) is 2.56. The summed E-state index contributed by atoms with van der Waals surface area (Å²) in [5.41, 5.74) is 0. The van der Waals surface area contributed by atoms with Crippen LogP contribution in [-0.4, -0.2) is 60.1 Å². The van der Waals surface area contributed by atoms with E-state index in [1.165, 1.54) is 0 Å². The van der Waals surface area contributed by atoms with Crippen molar-refractivity contribution in [1.82, 2.24) is 15.5 Å². The highest BCUT2D eigenvalue weighted by Crippen LogP contribution is 2.03. The molecule has 2 amide bonds. The van der Waals surface area contributed by atoms with E-state index in [-0.39, 0.29) is 37.0 Å². The number of aliphatic hydroxyl groups is 1. The normalized spacial score (nSPS) is 20.8. The Bertz CT molecular complexity index is 258. The number of amides is 2. The van der Waals surface area contributed by atoms with Crippen LogP contribution in [0, 0.1) is 0 Å². The van der Waals surface area contributed by atoms with Gasteiger partial charge in [-0.15, -0.1) is 0 Å². The van der Waals surface area contributed by atoms with Gasteiger partial charge in [0.1, 0.15) is 6.04 Å². The lowest BCUT2D eigenvalue weighted by Crippen LogP contribution is -2.59. The van der Waals surface area contributed by atoms with E-state index in [0.717, 1.165) is 0 Å². The number of carbonyl (C=O) groups is 2. The van der Waals surface area contributed by atoms with E-state index in [0.29, 0.717) is 13.1 Å². The second-order valence-corrected chi connectivity index (χ2v) is 4.09.